The lowest BCUT2D eigenvalue weighted by Gasteiger charge is -2.40. The summed E-state index contributed by atoms with van der Waals surface area (Å²) in [6, 6.07) is 12.4. The van der Waals surface area contributed by atoms with Crippen molar-refractivity contribution in [3.8, 4) is 0 Å². The fourth-order valence-electron chi connectivity index (χ4n) is 7.06. The van der Waals surface area contributed by atoms with Crippen LogP contribution in [-0.2, 0) is 55.2 Å². The van der Waals surface area contributed by atoms with Crippen LogP contribution in [0.15, 0.2) is 78.7 Å². The van der Waals surface area contributed by atoms with Gasteiger partial charge >= 0.3 is 17.9 Å². The number of benzene rings is 2. The van der Waals surface area contributed by atoms with Gasteiger partial charge in [-0.1, -0.05) is 55.6 Å². The van der Waals surface area contributed by atoms with Gasteiger partial charge in [-0.05, 0) is 50.1 Å². The van der Waals surface area contributed by atoms with Crippen LogP contribution in [0, 0.1) is 13.8 Å². The molecule has 6 rings (SSSR count). The molecule has 1 aromatic heterocycles. The minimum absolute atomic E-state index is 0.00193. The van der Waals surface area contributed by atoms with Crippen molar-refractivity contribution >= 4 is 55.8 Å². The number of anilines is 1. The van der Waals surface area contributed by atoms with Crippen molar-refractivity contribution in [3.05, 3.63) is 86.9 Å². The van der Waals surface area contributed by atoms with E-state index in [4.69, 9.17) is 23.7 Å². The minimum Gasteiger partial charge on any atom is -0.588 e. The van der Waals surface area contributed by atoms with E-state index in [1.165, 1.54) is 13.8 Å². The van der Waals surface area contributed by atoms with Gasteiger partial charge in [0.1, 0.15) is 5.69 Å². The molecule has 13 nitrogen and oxygen atoms in total. The van der Waals surface area contributed by atoms with Gasteiger partial charge in [0.2, 0.25) is 4.90 Å². The monoisotopic (exact) mass is 740 g/mol. The van der Waals surface area contributed by atoms with Crippen molar-refractivity contribution in [1.29, 1.82) is 0 Å². The first-order chi connectivity index (χ1) is 22.9. The molecule has 3 aliphatic rings. The number of aliphatic imine (C=N–C) groups is 1. The highest BCUT2D eigenvalue weighted by molar-refractivity contribution is 9.10. The maximum Gasteiger partial charge on any atom is 0.357 e. The van der Waals surface area contributed by atoms with Crippen molar-refractivity contribution in [1.82, 2.24) is 9.46 Å². The third kappa shape index (κ3) is 5.06. The van der Waals surface area contributed by atoms with E-state index in [1.807, 2.05) is 47.4 Å². The lowest BCUT2D eigenvalue weighted by molar-refractivity contribution is -0.144. The first kappa shape index (κ1) is 33.6. The van der Waals surface area contributed by atoms with E-state index in [2.05, 4.69) is 21.1 Å². The summed E-state index contributed by atoms with van der Waals surface area (Å²) >= 11 is 3.47. The maximum atomic E-state index is 14.7. The van der Waals surface area contributed by atoms with Crippen LogP contribution in [0.2, 0.25) is 0 Å². The molecule has 2 aromatic carbocycles. The Kier molecular flexibility index (Phi) is 8.81. The van der Waals surface area contributed by atoms with Gasteiger partial charge in [0.15, 0.2) is 33.7 Å². The Labute approximate surface area is 286 Å². The summed E-state index contributed by atoms with van der Waals surface area (Å²) in [5.41, 5.74) is 0.233. The number of rotatable bonds is 9. The fourth-order valence-corrected chi connectivity index (χ4v) is 9.26. The number of aromatic nitrogens is 1. The Morgan fingerprint density at radius 3 is 2.35 bits per heavy atom. The first-order valence-electron chi connectivity index (χ1n) is 15.3. The molecule has 1 saturated heterocycles. The van der Waals surface area contributed by atoms with Crippen LogP contribution in [0.25, 0.3) is 0 Å². The Morgan fingerprint density at radius 2 is 1.73 bits per heavy atom. The van der Waals surface area contributed by atoms with Gasteiger partial charge in [-0.3, -0.25) is 0 Å². The van der Waals surface area contributed by atoms with E-state index in [1.54, 1.807) is 19.9 Å². The highest BCUT2D eigenvalue weighted by Gasteiger charge is 2.70. The van der Waals surface area contributed by atoms with Crippen LogP contribution in [0.4, 0.5) is 5.69 Å². The van der Waals surface area contributed by atoms with E-state index in [0.29, 0.717) is 11.3 Å². The molecule has 252 valence electrons. The summed E-state index contributed by atoms with van der Waals surface area (Å²) < 4.78 is 52.6. The zero-order valence-corrected chi connectivity index (χ0v) is 29.3. The molecule has 0 bridgehead atoms. The number of methoxy groups -OCH3 is 1. The van der Waals surface area contributed by atoms with E-state index < -0.39 is 51.5 Å². The van der Waals surface area contributed by atoms with Gasteiger partial charge in [-0.2, -0.15) is 4.31 Å². The number of fused-ring (bicyclic) bond motifs is 1. The van der Waals surface area contributed by atoms with Gasteiger partial charge in [-0.15, -0.1) is 0 Å². The molecule has 0 amide bonds. The number of hydrogen-bond acceptors (Lipinski definition) is 12. The topological polar surface area (TPSA) is 164 Å². The van der Waals surface area contributed by atoms with Crippen LogP contribution >= 0.6 is 15.9 Å². The fraction of sp³-hybridized carbons (Fsp3) is 0.364. The van der Waals surface area contributed by atoms with Gasteiger partial charge in [0.25, 0.3) is 0 Å². The van der Waals surface area contributed by atoms with Crippen LogP contribution < -0.4 is 4.90 Å². The molecule has 4 atom stereocenters. The number of carbonyl (C=O) groups excluding carboxylic acids is 3. The lowest BCUT2D eigenvalue weighted by Crippen LogP contribution is -2.56. The zero-order valence-electron chi connectivity index (χ0n) is 26.9. The molecule has 4 heterocycles. The van der Waals surface area contributed by atoms with E-state index in [9.17, 15) is 23.1 Å². The lowest BCUT2D eigenvalue weighted by atomic mass is 9.69. The average molecular weight is 742 g/mol. The number of nitrogens with zero attached hydrogens (tertiary/aromatic N) is 4. The van der Waals surface area contributed by atoms with Crippen LogP contribution in [-0.4, -0.2) is 70.2 Å². The number of halogens is 1. The SMILES string of the molecule is CCOC(=O)C1=C(C(=O)OCC)C2N(Cc3ccc(Br)cc3)c3ccccc3[C@@]23C[C@@H](C(=O)OC)N([S+](=O)([O-])c2c(C)noc2C)C3=N1. The molecule has 0 radical (unpaired) electrons. The van der Waals surface area contributed by atoms with E-state index in [-0.39, 0.29) is 53.9 Å². The molecular formula is C33H33BrN4O9S. The predicted octanol–water partition coefficient (Wildman–Crippen LogP) is 4.32. The number of sulfonamides is 1. The van der Waals surface area contributed by atoms with Crippen molar-refractivity contribution in [2.24, 2.45) is 4.99 Å². The van der Waals surface area contributed by atoms with Gasteiger partial charge in [-0.25, -0.2) is 19.4 Å². The second-order valence-electron chi connectivity index (χ2n) is 11.5. The molecule has 1 fully saturated rings. The van der Waals surface area contributed by atoms with Gasteiger partial charge < -0.3 is 28.2 Å². The Bertz CT molecular complexity index is 1900. The number of esters is 3. The molecule has 3 aliphatic heterocycles. The quantitative estimate of drug-likeness (QED) is 0.174. The normalized spacial score (nSPS) is 22.4. The average Bonchev–Trinajstić information content (AvgIpc) is 3.69. The largest absolute Gasteiger partial charge is 0.588 e. The predicted molar refractivity (Wildman–Crippen MR) is 175 cm³/mol. The molecular weight excluding hydrogens is 708 g/mol. The van der Waals surface area contributed by atoms with E-state index in [0.717, 1.165) is 21.5 Å². The molecule has 15 heteroatoms. The summed E-state index contributed by atoms with van der Waals surface area (Å²) in [6.07, 6.45) is -0.168. The Balaban J connectivity index is 1.70. The molecule has 1 spiro atoms. The summed E-state index contributed by atoms with van der Waals surface area (Å²) in [5, 5.41) is 3.84. The molecule has 2 unspecified atom stereocenters. The summed E-state index contributed by atoms with van der Waals surface area (Å²) in [6.45, 7) is 6.35. The number of amidine groups is 1. The molecule has 0 N–H and O–H groups in total. The number of ether oxygens (including phenoxy) is 3. The highest BCUT2D eigenvalue weighted by atomic mass is 79.9. The third-order valence-electron chi connectivity index (χ3n) is 8.81. The summed E-state index contributed by atoms with van der Waals surface area (Å²) in [7, 11) is -3.47. The third-order valence-corrected chi connectivity index (χ3v) is 11.4. The van der Waals surface area contributed by atoms with Crippen molar-refractivity contribution in [2.45, 2.75) is 63.1 Å². The molecule has 3 aromatic rings. The van der Waals surface area contributed by atoms with Crippen LogP contribution in [0.1, 0.15) is 42.8 Å². The first-order valence-corrected chi connectivity index (χ1v) is 17.5. The van der Waals surface area contributed by atoms with Crippen molar-refractivity contribution in [2.75, 3.05) is 25.2 Å². The standard InChI is InChI=1S/C33H33BrN4O9S/c1-6-45-30(40)25-26(31(41)46-7-2)35-32-33(16-24(29(39)44-5)38(32)48(42,43)27-18(3)36-47-19(27)4)22-10-8-9-11-23(22)37(28(25)33)17-20-12-14-21(34)15-13-20/h8-15,24,28H,6-7,16-17H2,1-5H3/t24-,28?,33-/m0/s1. The van der Waals surface area contributed by atoms with Crippen molar-refractivity contribution in [3.63, 3.8) is 0 Å². The van der Waals surface area contributed by atoms with Gasteiger partial charge in [0.05, 0.1) is 37.4 Å². The number of hydrogen-bond donors (Lipinski definition) is 0. The summed E-state index contributed by atoms with van der Waals surface area (Å²) in [5.74, 6) is -2.75. The molecule has 0 saturated carbocycles. The number of aryl methyl sites for hydroxylation is 2. The maximum absolute atomic E-state index is 14.7. The second kappa shape index (κ2) is 12.6. The number of para-hydroxylation sites is 1. The number of carbonyl (C=O) groups is 3. The van der Waals surface area contributed by atoms with Crippen LogP contribution in [0.3, 0.4) is 0 Å². The zero-order chi connectivity index (χ0) is 34.5. The second-order valence-corrected chi connectivity index (χ2v) is 14.1. The summed E-state index contributed by atoms with van der Waals surface area (Å²) in [4.78, 5) is 47.8. The van der Waals surface area contributed by atoms with Crippen LogP contribution in [0.5, 0.6) is 0 Å². The van der Waals surface area contributed by atoms with Gasteiger partial charge in [0, 0.05) is 30.0 Å². The minimum atomic E-state index is -4.64. The molecule has 0 aliphatic carbocycles. The van der Waals surface area contributed by atoms with Crippen molar-refractivity contribution < 1.29 is 41.9 Å². The van der Waals surface area contributed by atoms with E-state index >= 15 is 0 Å². The highest BCUT2D eigenvalue weighted by Crippen LogP contribution is 2.59. The smallest absolute Gasteiger partial charge is 0.357 e. The molecule has 48 heavy (non-hydrogen) atoms. The Hall–Kier alpha value is -4.34. The Morgan fingerprint density at radius 1 is 1.06 bits per heavy atom.